The molecule has 3 saturated carbocycles. The van der Waals surface area contributed by atoms with Crippen molar-refractivity contribution in [3.05, 3.63) is 23.0 Å². The van der Waals surface area contributed by atoms with Gasteiger partial charge in [0.25, 0.3) is 0 Å². The predicted octanol–water partition coefficient (Wildman–Crippen LogP) is 6.16. The van der Waals surface area contributed by atoms with Crippen LogP contribution in [0.15, 0.2) is 23.0 Å². The van der Waals surface area contributed by atoms with Crippen LogP contribution >= 0.6 is 0 Å². The summed E-state index contributed by atoms with van der Waals surface area (Å²) in [6, 6.07) is 0. The summed E-state index contributed by atoms with van der Waals surface area (Å²) in [6.45, 7) is 11.5. The van der Waals surface area contributed by atoms with E-state index < -0.39 is 0 Å². The fraction of sp³-hybridized carbons (Fsp3) is 0.815. The van der Waals surface area contributed by atoms with Crippen LogP contribution in [0.3, 0.4) is 0 Å². The van der Waals surface area contributed by atoms with E-state index in [4.69, 9.17) is 14.2 Å². The Morgan fingerprint density at radius 1 is 1.16 bits per heavy atom. The van der Waals surface area contributed by atoms with Crippen molar-refractivity contribution in [2.75, 3.05) is 6.61 Å². The number of esters is 1. The van der Waals surface area contributed by atoms with Gasteiger partial charge in [0.2, 0.25) is 0 Å². The molecule has 0 N–H and O–H groups in total. The second-order valence-electron chi connectivity index (χ2n) is 11.3. The molecule has 8 atom stereocenters. The summed E-state index contributed by atoms with van der Waals surface area (Å²) in [5.41, 5.74) is 3.75. The van der Waals surface area contributed by atoms with Crippen LogP contribution in [0.25, 0.3) is 0 Å². The minimum atomic E-state index is -0.138. The van der Waals surface area contributed by atoms with Gasteiger partial charge in [-0.05, 0) is 92.4 Å². The predicted molar refractivity (Wildman–Crippen MR) is 120 cm³/mol. The fourth-order valence-electron chi connectivity index (χ4n) is 8.68. The second kappa shape index (κ2) is 7.64. The lowest BCUT2D eigenvalue weighted by molar-refractivity contribution is -0.148. The quantitative estimate of drug-likeness (QED) is 0.399. The van der Waals surface area contributed by atoms with Crippen molar-refractivity contribution in [1.82, 2.24) is 0 Å². The first-order valence-corrected chi connectivity index (χ1v) is 12.6. The van der Waals surface area contributed by atoms with Crippen LogP contribution < -0.4 is 0 Å². The van der Waals surface area contributed by atoms with Gasteiger partial charge in [0.05, 0.1) is 5.76 Å². The van der Waals surface area contributed by atoms with Crippen LogP contribution in [0.4, 0.5) is 0 Å². The van der Waals surface area contributed by atoms with Crippen LogP contribution in [0.5, 0.6) is 0 Å². The zero-order chi connectivity index (χ0) is 22.0. The molecule has 5 aliphatic rings. The van der Waals surface area contributed by atoms with Crippen LogP contribution in [-0.2, 0) is 19.0 Å². The third-order valence-electron chi connectivity index (χ3n) is 9.86. The summed E-state index contributed by atoms with van der Waals surface area (Å²) < 4.78 is 17.7. The first-order valence-electron chi connectivity index (χ1n) is 12.6. The minimum Gasteiger partial charge on any atom is -0.470 e. The molecule has 0 bridgehead atoms. The molecule has 4 nitrogen and oxygen atoms in total. The van der Waals surface area contributed by atoms with Crippen LogP contribution in [0.2, 0.25) is 0 Å². The van der Waals surface area contributed by atoms with E-state index in [9.17, 15) is 4.79 Å². The van der Waals surface area contributed by atoms with Crippen molar-refractivity contribution in [3.8, 4) is 0 Å². The van der Waals surface area contributed by atoms with Gasteiger partial charge in [0.15, 0.2) is 6.29 Å². The first kappa shape index (κ1) is 21.6. The Balaban J connectivity index is 1.41. The standard InChI is InChI=1S/C27H40O4/c1-6-29-24-14-18-13-23-21-8-7-19-15-20(31-17(3)28)9-11-26(19,4)22(21)10-12-27(23,5)25(18)16(2)30-24/h7,18,20-24H,6,8-15H2,1-5H3/t18-,20-,21-,22+,23+,24+,26+,27+/m1/s1. The maximum absolute atomic E-state index is 11.5. The second-order valence-corrected chi connectivity index (χ2v) is 11.3. The minimum absolute atomic E-state index is 0.0646. The lowest BCUT2D eigenvalue weighted by Crippen LogP contribution is -2.49. The molecule has 4 aliphatic carbocycles. The molecule has 5 rings (SSSR count). The van der Waals surface area contributed by atoms with Crippen LogP contribution in [0.1, 0.15) is 86.0 Å². The largest absolute Gasteiger partial charge is 0.470 e. The third kappa shape index (κ3) is 3.31. The molecule has 0 aromatic carbocycles. The van der Waals surface area contributed by atoms with Gasteiger partial charge in [-0.1, -0.05) is 25.5 Å². The molecule has 0 amide bonds. The van der Waals surface area contributed by atoms with E-state index in [0.29, 0.717) is 12.5 Å². The van der Waals surface area contributed by atoms with E-state index in [2.05, 4.69) is 33.8 Å². The first-order chi connectivity index (χ1) is 14.8. The highest BCUT2D eigenvalue weighted by molar-refractivity contribution is 5.66. The Kier molecular flexibility index (Phi) is 5.31. The van der Waals surface area contributed by atoms with Crippen molar-refractivity contribution in [2.24, 2.45) is 34.5 Å². The molecule has 0 unspecified atom stereocenters. The van der Waals surface area contributed by atoms with Gasteiger partial charge < -0.3 is 14.2 Å². The molecule has 3 fully saturated rings. The molecule has 0 spiro atoms. The van der Waals surface area contributed by atoms with E-state index >= 15 is 0 Å². The number of allylic oxidation sites excluding steroid dienone is 3. The molecule has 0 saturated heterocycles. The number of hydrogen-bond acceptors (Lipinski definition) is 4. The molecule has 1 heterocycles. The monoisotopic (exact) mass is 428 g/mol. The summed E-state index contributed by atoms with van der Waals surface area (Å²) in [6.07, 6.45) is 11.8. The van der Waals surface area contributed by atoms with E-state index in [0.717, 1.165) is 49.2 Å². The molecular weight excluding hydrogens is 388 g/mol. The Morgan fingerprint density at radius 3 is 2.68 bits per heavy atom. The molecule has 172 valence electrons. The average molecular weight is 429 g/mol. The number of carbonyl (C=O) groups is 1. The summed E-state index contributed by atoms with van der Waals surface area (Å²) in [5.74, 6) is 3.89. The highest BCUT2D eigenvalue weighted by atomic mass is 16.7. The normalized spacial score (nSPS) is 46.2. The zero-order valence-electron chi connectivity index (χ0n) is 20.0. The smallest absolute Gasteiger partial charge is 0.302 e. The Hall–Kier alpha value is -1.29. The highest BCUT2D eigenvalue weighted by Crippen LogP contribution is 2.68. The summed E-state index contributed by atoms with van der Waals surface area (Å²) >= 11 is 0. The summed E-state index contributed by atoms with van der Waals surface area (Å²) in [4.78, 5) is 11.5. The lowest BCUT2D eigenvalue weighted by atomic mass is 9.48. The average Bonchev–Trinajstić information content (AvgIpc) is 3.01. The topological polar surface area (TPSA) is 44.8 Å². The fourth-order valence-corrected chi connectivity index (χ4v) is 8.68. The number of ether oxygens (including phenoxy) is 3. The maximum Gasteiger partial charge on any atom is 0.302 e. The van der Waals surface area contributed by atoms with Crippen molar-refractivity contribution >= 4 is 5.97 Å². The number of fused-ring (bicyclic) bond motifs is 7. The van der Waals surface area contributed by atoms with Gasteiger partial charge in [0, 0.05) is 26.4 Å². The number of carbonyl (C=O) groups excluding carboxylic acids is 1. The SMILES string of the molecule is CCO[C@@H]1C[C@H]2C[C@H]3[C@@H]4CC=C5C[C@H](OC(C)=O)CC[C@]5(C)[C@H]4CC[C@]3(C)C2=C(C)O1. The van der Waals surface area contributed by atoms with Gasteiger partial charge in [-0.25, -0.2) is 0 Å². The van der Waals surface area contributed by atoms with Gasteiger partial charge in [-0.3, -0.25) is 4.79 Å². The molecule has 0 radical (unpaired) electrons. The van der Waals surface area contributed by atoms with Crippen molar-refractivity contribution < 1.29 is 19.0 Å². The Morgan fingerprint density at radius 2 is 1.94 bits per heavy atom. The van der Waals surface area contributed by atoms with Crippen molar-refractivity contribution in [2.45, 2.75) is 98.4 Å². The third-order valence-corrected chi connectivity index (χ3v) is 9.86. The lowest BCUT2D eigenvalue weighted by Gasteiger charge is -2.57. The van der Waals surface area contributed by atoms with E-state index in [-0.39, 0.29) is 29.2 Å². The molecular formula is C27H40O4. The summed E-state index contributed by atoms with van der Waals surface area (Å²) in [5, 5.41) is 0. The highest BCUT2D eigenvalue weighted by Gasteiger charge is 2.60. The Bertz CT molecular complexity index is 812. The van der Waals surface area contributed by atoms with Gasteiger partial charge in [0.1, 0.15) is 6.10 Å². The number of rotatable bonds is 3. The zero-order valence-corrected chi connectivity index (χ0v) is 20.0. The van der Waals surface area contributed by atoms with Crippen LogP contribution in [0, 0.1) is 34.5 Å². The van der Waals surface area contributed by atoms with Gasteiger partial charge >= 0.3 is 5.97 Å². The molecule has 4 heteroatoms. The van der Waals surface area contributed by atoms with Crippen LogP contribution in [-0.4, -0.2) is 25.0 Å². The Labute approximate surface area is 187 Å². The molecule has 0 aromatic rings. The van der Waals surface area contributed by atoms with Crippen molar-refractivity contribution in [1.29, 1.82) is 0 Å². The molecule has 0 aromatic heterocycles. The van der Waals surface area contributed by atoms with E-state index in [1.165, 1.54) is 32.6 Å². The van der Waals surface area contributed by atoms with Gasteiger partial charge in [-0.15, -0.1) is 0 Å². The maximum atomic E-state index is 11.5. The van der Waals surface area contributed by atoms with E-state index in [1.807, 2.05) is 0 Å². The van der Waals surface area contributed by atoms with Gasteiger partial charge in [-0.2, -0.15) is 0 Å². The van der Waals surface area contributed by atoms with Crippen molar-refractivity contribution in [3.63, 3.8) is 0 Å². The molecule has 1 aliphatic heterocycles. The molecule has 31 heavy (non-hydrogen) atoms. The summed E-state index contributed by atoms with van der Waals surface area (Å²) in [7, 11) is 0. The van der Waals surface area contributed by atoms with E-state index in [1.54, 1.807) is 11.1 Å². The number of hydrogen-bond donors (Lipinski definition) is 0.